The number of alkyl halides is 3. The number of hydrogen-bond acceptors (Lipinski definition) is 2. The maximum atomic E-state index is 12.9. The van der Waals surface area contributed by atoms with Crippen LogP contribution in [-0.4, -0.2) is 16.9 Å². The topological polar surface area (TPSA) is 32.3 Å². The monoisotopic (exact) mass is 285 g/mol. The van der Waals surface area contributed by atoms with Crippen LogP contribution in [0.25, 0.3) is 0 Å². The molecule has 2 nitrogen and oxygen atoms in total. The van der Waals surface area contributed by atoms with Crippen molar-refractivity contribution in [3.63, 3.8) is 0 Å². The molecule has 0 saturated heterocycles. The molecule has 0 aromatic heterocycles. The van der Waals surface area contributed by atoms with E-state index in [1.165, 1.54) is 0 Å². The lowest BCUT2D eigenvalue weighted by molar-refractivity contribution is -0.203. The van der Waals surface area contributed by atoms with Crippen LogP contribution in [0.2, 0.25) is 0 Å². The third-order valence-electron chi connectivity index (χ3n) is 4.63. The van der Waals surface area contributed by atoms with Gasteiger partial charge in [0, 0.05) is 6.54 Å². The van der Waals surface area contributed by atoms with Crippen molar-refractivity contribution >= 4 is 0 Å². The van der Waals surface area contributed by atoms with Crippen molar-refractivity contribution in [2.45, 2.75) is 50.0 Å². The van der Waals surface area contributed by atoms with Gasteiger partial charge in [0.15, 0.2) is 0 Å². The summed E-state index contributed by atoms with van der Waals surface area (Å²) < 4.78 is 38.8. The van der Waals surface area contributed by atoms with Crippen molar-refractivity contribution < 1.29 is 18.3 Å². The largest absolute Gasteiger partial charge is 0.391 e. The molecule has 2 N–H and O–H groups in total. The number of aliphatic hydroxyl groups is 1. The van der Waals surface area contributed by atoms with Crippen LogP contribution < -0.4 is 5.32 Å². The molecule has 3 unspecified atom stereocenters. The Kier molecular flexibility index (Phi) is 3.29. The molecule has 1 fully saturated rings. The smallest absolute Gasteiger partial charge is 0.388 e. The molecule has 3 atom stereocenters. The van der Waals surface area contributed by atoms with Crippen molar-refractivity contribution in [2.75, 3.05) is 0 Å². The number of fused-ring (bicyclic) bond motifs is 1. The molecule has 0 radical (unpaired) electrons. The summed E-state index contributed by atoms with van der Waals surface area (Å²) in [5.41, 5.74) is 0.711. The first kappa shape index (κ1) is 13.9. The second kappa shape index (κ2) is 4.74. The molecule has 2 aliphatic rings. The van der Waals surface area contributed by atoms with Gasteiger partial charge in [-0.1, -0.05) is 24.3 Å². The minimum Gasteiger partial charge on any atom is -0.388 e. The van der Waals surface area contributed by atoms with Crippen molar-refractivity contribution in [3.8, 4) is 0 Å². The average Bonchev–Trinajstić information content (AvgIpc) is 2.82. The molecular formula is C15H18F3NO. The van der Waals surface area contributed by atoms with E-state index >= 15 is 0 Å². The first-order chi connectivity index (χ1) is 9.40. The lowest BCUT2D eigenvalue weighted by atomic mass is 9.72. The van der Waals surface area contributed by atoms with E-state index < -0.39 is 17.7 Å². The molecule has 1 aliphatic heterocycles. The predicted molar refractivity (Wildman–Crippen MR) is 69.0 cm³/mol. The summed E-state index contributed by atoms with van der Waals surface area (Å²) in [6.45, 7) is 0.611. The number of benzene rings is 1. The van der Waals surface area contributed by atoms with Crippen LogP contribution in [0.5, 0.6) is 0 Å². The van der Waals surface area contributed by atoms with Gasteiger partial charge >= 0.3 is 6.18 Å². The van der Waals surface area contributed by atoms with Crippen LogP contribution in [0.3, 0.4) is 0 Å². The fourth-order valence-electron chi connectivity index (χ4n) is 3.61. The highest BCUT2D eigenvalue weighted by Gasteiger charge is 2.51. The van der Waals surface area contributed by atoms with Crippen LogP contribution in [0.4, 0.5) is 13.2 Å². The van der Waals surface area contributed by atoms with Crippen LogP contribution >= 0.6 is 0 Å². The normalized spacial score (nSPS) is 34.0. The Morgan fingerprint density at radius 3 is 2.75 bits per heavy atom. The summed E-state index contributed by atoms with van der Waals surface area (Å²) in [4.78, 5) is 0. The van der Waals surface area contributed by atoms with E-state index in [-0.39, 0.29) is 18.9 Å². The molecule has 1 saturated carbocycles. The highest BCUT2D eigenvalue weighted by molar-refractivity contribution is 5.36. The first-order valence-electron chi connectivity index (χ1n) is 7.00. The lowest BCUT2D eigenvalue weighted by Crippen LogP contribution is -2.47. The Bertz CT molecular complexity index is 502. The zero-order chi connectivity index (χ0) is 14.4. The molecule has 20 heavy (non-hydrogen) atoms. The summed E-state index contributed by atoms with van der Waals surface area (Å²) in [5, 5.41) is 14.0. The predicted octanol–water partition coefficient (Wildman–Crippen LogP) is 3.31. The summed E-state index contributed by atoms with van der Waals surface area (Å²) >= 11 is 0. The molecule has 1 aromatic carbocycles. The summed E-state index contributed by atoms with van der Waals surface area (Å²) in [5.74, 6) is -1.39. The third kappa shape index (κ3) is 2.33. The van der Waals surface area contributed by atoms with Crippen molar-refractivity contribution in [3.05, 3.63) is 35.4 Å². The van der Waals surface area contributed by atoms with Crippen LogP contribution in [-0.2, 0) is 6.54 Å². The summed E-state index contributed by atoms with van der Waals surface area (Å²) in [6, 6.07) is 7.24. The zero-order valence-corrected chi connectivity index (χ0v) is 11.1. The Labute approximate surface area is 116 Å². The molecule has 0 bridgehead atoms. The second-order valence-electron chi connectivity index (χ2n) is 5.95. The highest BCUT2D eigenvalue weighted by atomic mass is 19.4. The van der Waals surface area contributed by atoms with Gasteiger partial charge in [-0.25, -0.2) is 0 Å². The van der Waals surface area contributed by atoms with E-state index in [9.17, 15) is 18.3 Å². The van der Waals surface area contributed by atoms with Crippen molar-refractivity contribution in [2.24, 2.45) is 5.92 Å². The summed E-state index contributed by atoms with van der Waals surface area (Å²) in [6.07, 6.45) is -3.46. The van der Waals surface area contributed by atoms with E-state index in [0.717, 1.165) is 11.1 Å². The molecule has 3 rings (SSSR count). The van der Waals surface area contributed by atoms with Gasteiger partial charge in [-0.15, -0.1) is 0 Å². The standard InChI is InChI=1S/C15H18F3NO/c16-15(17,18)11-5-3-7-14(20,8-11)13-12-6-2-1-4-10(12)9-19-13/h1-2,4,6,11,13,19-20H,3,5,7-9H2. The molecule has 1 heterocycles. The number of halogens is 3. The Balaban J connectivity index is 1.86. The van der Waals surface area contributed by atoms with Gasteiger partial charge in [-0.2, -0.15) is 13.2 Å². The van der Waals surface area contributed by atoms with Gasteiger partial charge in [0.2, 0.25) is 0 Å². The van der Waals surface area contributed by atoms with E-state index in [0.29, 0.717) is 19.4 Å². The minimum absolute atomic E-state index is 0.125. The van der Waals surface area contributed by atoms with Gasteiger partial charge in [-0.05, 0) is 36.8 Å². The lowest BCUT2D eigenvalue weighted by Gasteiger charge is -2.41. The van der Waals surface area contributed by atoms with Crippen LogP contribution in [0, 0.1) is 5.92 Å². The SMILES string of the molecule is OC1(C2NCc3ccccc32)CCCC(C(F)(F)F)C1. The molecular weight excluding hydrogens is 267 g/mol. The fourth-order valence-corrected chi connectivity index (χ4v) is 3.61. The third-order valence-corrected chi connectivity index (χ3v) is 4.63. The quantitative estimate of drug-likeness (QED) is 0.829. The fraction of sp³-hybridized carbons (Fsp3) is 0.600. The maximum absolute atomic E-state index is 12.9. The van der Waals surface area contributed by atoms with Crippen LogP contribution in [0.15, 0.2) is 24.3 Å². The molecule has 110 valence electrons. The van der Waals surface area contributed by atoms with E-state index in [1.807, 2.05) is 24.3 Å². The van der Waals surface area contributed by atoms with E-state index in [1.54, 1.807) is 0 Å². The van der Waals surface area contributed by atoms with Gasteiger partial charge in [0.1, 0.15) is 0 Å². The molecule has 5 heteroatoms. The van der Waals surface area contributed by atoms with Crippen molar-refractivity contribution in [1.29, 1.82) is 0 Å². The van der Waals surface area contributed by atoms with E-state index in [4.69, 9.17) is 0 Å². The van der Waals surface area contributed by atoms with Crippen LogP contribution in [0.1, 0.15) is 42.9 Å². The number of nitrogens with one attached hydrogen (secondary N) is 1. The average molecular weight is 285 g/mol. The van der Waals surface area contributed by atoms with Gasteiger partial charge < -0.3 is 10.4 Å². The minimum atomic E-state index is -4.22. The first-order valence-corrected chi connectivity index (χ1v) is 7.00. The summed E-state index contributed by atoms with van der Waals surface area (Å²) in [7, 11) is 0. The molecule has 1 aliphatic carbocycles. The van der Waals surface area contributed by atoms with Gasteiger partial charge in [0.05, 0.1) is 17.6 Å². The number of hydrogen-bond donors (Lipinski definition) is 2. The molecule has 1 aromatic rings. The molecule has 0 amide bonds. The second-order valence-corrected chi connectivity index (χ2v) is 5.95. The Morgan fingerprint density at radius 1 is 1.25 bits per heavy atom. The van der Waals surface area contributed by atoms with Gasteiger partial charge in [-0.3, -0.25) is 0 Å². The molecule has 0 spiro atoms. The van der Waals surface area contributed by atoms with Gasteiger partial charge in [0.25, 0.3) is 0 Å². The maximum Gasteiger partial charge on any atom is 0.391 e. The van der Waals surface area contributed by atoms with Crippen molar-refractivity contribution in [1.82, 2.24) is 5.32 Å². The number of rotatable bonds is 1. The highest BCUT2D eigenvalue weighted by Crippen LogP contribution is 2.48. The van der Waals surface area contributed by atoms with E-state index in [2.05, 4.69) is 5.32 Å². The zero-order valence-electron chi connectivity index (χ0n) is 11.1. The Morgan fingerprint density at radius 2 is 2.00 bits per heavy atom. The Hall–Kier alpha value is -1.07.